The van der Waals surface area contributed by atoms with Crippen molar-refractivity contribution in [3.05, 3.63) is 71.8 Å². The van der Waals surface area contributed by atoms with Crippen LogP contribution in [0, 0.1) is 0 Å². The van der Waals surface area contributed by atoms with E-state index in [2.05, 4.69) is 39.8 Å². The quantitative estimate of drug-likeness (QED) is 0.841. The lowest BCUT2D eigenvalue weighted by Crippen LogP contribution is -2.53. The maximum Gasteiger partial charge on any atom is 0.237 e. The molecular formula is C22H29N3O. The third kappa shape index (κ3) is 4.51. The monoisotopic (exact) mass is 351 g/mol. The van der Waals surface area contributed by atoms with Crippen molar-refractivity contribution in [2.75, 3.05) is 20.1 Å². The lowest BCUT2D eigenvalue weighted by atomic mass is 9.98. The van der Waals surface area contributed by atoms with Crippen LogP contribution >= 0.6 is 0 Å². The molecule has 1 amide bonds. The predicted octanol–water partition coefficient (Wildman–Crippen LogP) is 2.96. The standard InChI is InChI=1S/C22H29N3O/c1-17(25-15-9-14-20(16-25)23-2)22(26)24-21(18-10-5-3-6-11-18)19-12-7-4-8-13-19/h3-8,10-13,17,20-21,23H,9,14-16H2,1-2H3,(H,24,26). The van der Waals surface area contributed by atoms with Gasteiger partial charge >= 0.3 is 0 Å². The summed E-state index contributed by atoms with van der Waals surface area (Å²) in [7, 11) is 2.00. The summed E-state index contributed by atoms with van der Waals surface area (Å²) < 4.78 is 0. The number of amides is 1. The average molecular weight is 351 g/mol. The van der Waals surface area contributed by atoms with Crippen molar-refractivity contribution >= 4 is 5.91 Å². The van der Waals surface area contributed by atoms with Gasteiger partial charge in [0.25, 0.3) is 0 Å². The van der Waals surface area contributed by atoms with Crippen molar-refractivity contribution < 1.29 is 4.79 Å². The first kappa shape index (κ1) is 18.6. The molecular weight excluding hydrogens is 322 g/mol. The van der Waals surface area contributed by atoms with Gasteiger partial charge in [0, 0.05) is 12.6 Å². The van der Waals surface area contributed by atoms with Crippen molar-refractivity contribution in [2.24, 2.45) is 0 Å². The Labute approximate surface area is 156 Å². The van der Waals surface area contributed by atoms with Crippen LogP contribution in [0.2, 0.25) is 0 Å². The largest absolute Gasteiger partial charge is 0.344 e. The molecule has 0 spiro atoms. The topological polar surface area (TPSA) is 44.4 Å². The number of likely N-dealkylation sites (tertiary alicyclic amines) is 1. The van der Waals surface area contributed by atoms with Gasteiger partial charge in [-0.15, -0.1) is 0 Å². The number of nitrogens with one attached hydrogen (secondary N) is 2. The fourth-order valence-corrected chi connectivity index (χ4v) is 3.67. The molecule has 0 aliphatic carbocycles. The Hall–Kier alpha value is -2.17. The fourth-order valence-electron chi connectivity index (χ4n) is 3.67. The van der Waals surface area contributed by atoms with Crippen molar-refractivity contribution in [1.82, 2.24) is 15.5 Å². The number of hydrogen-bond acceptors (Lipinski definition) is 3. The van der Waals surface area contributed by atoms with E-state index in [0.29, 0.717) is 6.04 Å². The molecule has 138 valence electrons. The number of carbonyl (C=O) groups excluding carboxylic acids is 1. The lowest BCUT2D eigenvalue weighted by molar-refractivity contribution is -0.126. The Morgan fingerprint density at radius 2 is 1.62 bits per heavy atom. The Bertz CT molecular complexity index is 650. The van der Waals surface area contributed by atoms with Crippen LogP contribution in [0.3, 0.4) is 0 Å². The second kappa shape index (κ2) is 8.97. The highest BCUT2D eigenvalue weighted by molar-refractivity contribution is 5.82. The summed E-state index contributed by atoms with van der Waals surface area (Å²) >= 11 is 0. The first-order valence-corrected chi connectivity index (χ1v) is 9.50. The van der Waals surface area contributed by atoms with Gasteiger partial charge in [-0.1, -0.05) is 60.7 Å². The number of carbonyl (C=O) groups is 1. The number of benzene rings is 2. The summed E-state index contributed by atoms with van der Waals surface area (Å²) in [5, 5.41) is 6.63. The molecule has 2 N–H and O–H groups in total. The molecule has 1 aliphatic rings. The van der Waals surface area contributed by atoms with E-state index in [0.717, 1.165) is 30.6 Å². The molecule has 0 bridgehead atoms. The average Bonchev–Trinajstić information content (AvgIpc) is 2.72. The fraction of sp³-hybridized carbons (Fsp3) is 0.409. The molecule has 1 aliphatic heterocycles. The van der Waals surface area contributed by atoms with E-state index in [-0.39, 0.29) is 18.0 Å². The van der Waals surface area contributed by atoms with Crippen molar-refractivity contribution in [3.8, 4) is 0 Å². The summed E-state index contributed by atoms with van der Waals surface area (Å²) in [5.74, 6) is 0.0828. The van der Waals surface area contributed by atoms with Crippen LogP contribution in [0.15, 0.2) is 60.7 Å². The summed E-state index contributed by atoms with van der Waals surface area (Å²) in [6.07, 6.45) is 2.31. The van der Waals surface area contributed by atoms with Gasteiger partial charge in [-0.05, 0) is 44.5 Å². The minimum Gasteiger partial charge on any atom is -0.344 e. The summed E-state index contributed by atoms with van der Waals surface area (Å²) in [5.41, 5.74) is 2.21. The van der Waals surface area contributed by atoms with Crippen LogP contribution < -0.4 is 10.6 Å². The Kier molecular flexibility index (Phi) is 6.42. The highest BCUT2D eigenvalue weighted by Gasteiger charge is 2.28. The first-order chi connectivity index (χ1) is 12.7. The number of piperidine rings is 1. The van der Waals surface area contributed by atoms with Gasteiger partial charge in [0.1, 0.15) is 0 Å². The molecule has 4 nitrogen and oxygen atoms in total. The van der Waals surface area contributed by atoms with Gasteiger partial charge < -0.3 is 10.6 Å². The number of hydrogen-bond donors (Lipinski definition) is 2. The first-order valence-electron chi connectivity index (χ1n) is 9.50. The smallest absolute Gasteiger partial charge is 0.237 e. The van der Waals surface area contributed by atoms with E-state index in [1.54, 1.807) is 0 Å². The van der Waals surface area contributed by atoms with E-state index in [4.69, 9.17) is 0 Å². The zero-order valence-electron chi connectivity index (χ0n) is 15.7. The number of rotatable bonds is 6. The van der Waals surface area contributed by atoms with Gasteiger partial charge in [-0.25, -0.2) is 0 Å². The molecule has 3 rings (SSSR count). The molecule has 2 aromatic rings. The van der Waals surface area contributed by atoms with Crippen molar-refractivity contribution in [3.63, 3.8) is 0 Å². The molecule has 2 aromatic carbocycles. The molecule has 0 radical (unpaired) electrons. The Morgan fingerprint density at radius 3 is 2.15 bits per heavy atom. The Morgan fingerprint density at radius 1 is 1.04 bits per heavy atom. The van der Waals surface area contributed by atoms with Gasteiger partial charge in [0.15, 0.2) is 0 Å². The zero-order valence-corrected chi connectivity index (χ0v) is 15.7. The van der Waals surface area contributed by atoms with Crippen LogP contribution in [-0.4, -0.2) is 43.0 Å². The van der Waals surface area contributed by atoms with Crippen LogP contribution in [-0.2, 0) is 4.79 Å². The van der Waals surface area contributed by atoms with Crippen LogP contribution in [0.25, 0.3) is 0 Å². The molecule has 4 heteroatoms. The third-order valence-electron chi connectivity index (χ3n) is 5.34. The van der Waals surface area contributed by atoms with Crippen LogP contribution in [0.4, 0.5) is 0 Å². The van der Waals surface area contributed by atoms with Crippen molar-refractivity contribution in [1.29, 1.82) is 0 Å². The highest BCUT2D eigenvalue weighted by atomic mass is 16.2. The van der Waals surface area contributed by atoms with Crippen molar-refractivity contribution in [2.45, 2.75) is 37.9 Å². The molecule has 1 saturated heterocycles. The van der Waals surface area contributed by atoms with E-state index in [1.165, 1.54) is 6.42 Å². The van der Waals surface area contributed by atoms with E-state index < -0.39 is 0 Å². The summed E-state index contributed by atoms with van der Waals surface area (Å²) in [4.78, 5) is 15.3. The maximum absolute atomic E-state index is 13.0. The highest BCUT2D eigenvalue weighted by Crippen LogP contribution is 2.22. The van der Waals surface area contributed by atoms with Gasteiger partial charge in [0.2, 0.25) is 5.91 Å². The maximum atomic E-state index is 13.0. The third-order valence-corrected chi connectivity index (χ3v) is 5.34. The summed E-state index contributed by atoms with van der Waals surface area (Å²) in [6.45, 7) is 3.92. The molecule has 1 heterocycles. The van der Waals surface area contributed by atoms with Gasteiger partial charge in [-0.2, -0.15) is 0 Å². The van der Waals surface area contributed by atoms with Crippen LogP contribution in [0.5, 0.6) is 0 Å². The number of likely N-dealkylation sites (N-methyl/N-ethyl adjacent to an activating group) is 1. The second-order valence-corrected chi connectivity index (χ2v) is 7.06. The molecule has 0 saturated carbocycles. The zero-order chi connectivity index (χ0) is 18.4. The summed E-state index contributed by atoms with van der Waals surface area (Å²) in [6, 6.07) is 20.6. The van der Waals surface area contributed by atoms with E-state index in [9.17, 15) is 4.79 Å². The molecule has 0 aromatic heterocycles. The normalized spacial score (nSPS) is 19.3. The Balaban J connectivity index is 1.75. The molecule has 2 unspecified atom stereocenters. The minimum atomic E-state index is -0.138. The van der Waals surface area contributed by atoms with Gasteiger partial charge in [0.05, 0.1) is 12.1 Å². The number of nitrogens with zero attached hydrogens (tertiary/aromatic N) is 1. The van der Waals surface area contributed by atoms with E-state index >= 15 is 0 Å². The SMILES string of the molecule is CNC1CCCN(C(C)C(=O)NC(c2ccccc2)c2ccccc2)C1. The van der Waals surface area contributed by atoms with Crippen LogP contribution in [0.1, 0.15) is 36.9 Å². The molecule has 1 fully saturated rings. The lowest BCUT2D eigenvalue weighted by Gasteiger charge is -2.36. The predicted molar refractivity (Wildman–Crippen MR) is 106 cm³/mol. The minimum absolute atomic E-state index is 0.0828. The molecule has 26 heavy (non-hydrogen) atoms. The second-order valence-electron chi connectivity index (χ2n) is 7.06. The molecule has 2 atom stereocenters. The van der Waals surface area contributed by atoms with Gasteiger partial charge in [-0.3, -0.25) is 9.69 Å². The van der Waals surface area contributed by atoms with E-state index in [1.807, 2.05) is 50.4 Å².